The van der Waals surface area contributed by atoms with Crippen LogP contribution in [0.15, 0.2) is 0 Å². The minimum absolute atomic E-state index is 0.0567. The Morgan fingerprint density at radius 1 is 1.58 bits per heavy atom. The highest BCUT2D eigenvalue weighted by Crippen LogP contribution is 2.18. The minimum Gasteiger partial charge on any atom is -0.365 e. The van der Waals surface area contributed by atoms with Gasteiger partial charge in [-0.15, -0.1) is 0 Å². The molecule has 1 amide bonds. The van der Waals surface area contributed by atoms with E-state index in [1.165, 1.54) is 0 Å². The summed E-state index contributed by atoms with van der Waals surface area (Å²) < 4.78 is 5.41. The van der Waals surface area contributed by atoms with Crippen molar-refractivity contribution in [2.24, 2.45) is 0 Å². The maximum Gasteiger partial charge on any atom is 0.249 e. The second kappa shape index (κ2) is 4.45. The molecule has 0 saturated carbocycles. The normalized spacial score (nSPS) is 28.8. The lowest BCUT2D eigenvalue weighted by Crippen LogP contribution is -2.34. The van der Waals surface area contributed by atoms with Crippen LogP contribution < -0.4 is 5.32 Å². The molecule has 0 radical (unpaired) electrons. The highest BCUT2D eigenvalue weighted by molar-refractivity contribution is 5.80. The number of carbonyl (C=O) groups excluding carboxylic acids is 1. The summed E-state index contributed by atoms with van der Waals surface area (Å²) in [7, 11) is 0. The predicted octanol–water partition coefficient (Wildman–Crippen LogP) is 1.08. The van der Waals surface area contributed by atoms with E-state index in [-0.39, 0.29) is 18.1 Å². The van der Waals surface area contributed by atoms with Crippen LogP contribution in [0.25, 0.3) is 0 Å². The van der Waals surface area contributed by atoms with Gasteiger partial charge in [0.15, 0.2) is 0 Å². The lowest BCUT2D eigenvalue weighted by Gasteiger charge is -2.10. The van der Waals surface area contributed by atoms with Gasteiger partial charge in [0.2, 0.25) is 5.91 Å². The van der Waals surface area contributed by atoms with Crippen LogP contribution in [0.2, 0.25) is 0 Å². The monoisotopic (exact) mass is 171 g/mol. The van der Waals surface area contributed by atoms with Gasteiger partial charge in [0.1, 0.15) is 6.10 Å². The van der Waals surface area contributed by atoms with Crippen molar-refractivity contribution in [2.75, 3.05) is 6.54 Å². The number of rotatable bonds is 3. The van der Waals surface area contributed by atoms with Gasteiger partial charge in [0.25, 0.3) is 0 Å². The molecule has 1 N–H and O–H groups in total. The van der Waals surface area contributed by atoms with Crippen LogP contribution >= 0.6 is 0 Å². The van der Waals surface area contributed by atoms with Gasteiger partial charge in [-0.1, -0.05) is 6.92 Å². The van der Waals surface area contributed by atoms with Gasteiger partial charge in [0, 0.05) is 6.54 Å². The van der Waals surface area contributed by atoms with Crippen molar-refractivity contribution in [3.8, 4) is 0 Å². The molecule has 1 saturated heterocycles. The Balaban J connectivity index is 2.23. The smallest absolute Gasteiger partial charge is 0.249 e. The number of nitrogens with one attached hydrogen (secondary N) is 1. The van der Waals surface area contributed by atoms with Crippen molar-refractivity contribution >= 4 is 5.91 Å². The lowest BCUT2D eigenvalue weighted by molar-refractivity contribution is -0.131. The summed E-state index contributed by atoms with van der Waals surface area (Å²) >= 11 is 0. The van der Waals surface area contributed by atoms with E-state index in [4.69, 9.17) is 4.74 Å². The number of hydrogen-bond donors (Lipinski definition) is 1. The van der Waals surface area contributed by atoms with Crippen LogP contribution in [0.1, 0.15) is 33.1 Å². The third-order valence-electron chi connectivity index (χ3n) is 2.07. The van der Waals surface area contributed by atoms with Crippen molar-refractivity contribution in [3.05, 3.63) is 0 Å². The summed E-state index contributed by atoms with van der Waals surface area (Å²) in [6.07, 6.45) is 2.92. The standard InChI is InChI=1S/C9H17NO2/c1-3-6-10-9(11)8-5-4-7(2)12-8/h7-8H,3-6H2,1-2H3,(H,10,11)/t7-,8-/m0/s1. The van der Waals surface area contributed by atoms with Gasteiger partial charge >= 0.3 is 0 Å². The summed E-state index contributed by atoms with van der Waals surface area (Å²) in [6.45, 7) is 4.80. The fourth-order valence-electron chi connectivity index (χ4n) is 1.36. The largest absolute Gasteiger partial charge is 0.365 e. The van der Waals surface area contributed by atoms with Crippen molar-refractivity contribution < 1.29 is 9.53 Å². The van der Waals surface area contributed by atoms with Crippen LogP contribution in [0.4, 0.5) is 0 Å². The van der Waals surface area contributed by atoms with Crippen molar-refractivity contribution in [3.63, 3.8) is 0 Å². The van der Waals surface area contributed by atoms with Gasteiger partial charge in [-0.05, 0) is 26.2 Å². The molecule has 1 aliphatic rings. The molecule has 0 aromatic rings. The quantitative estimate of drug-likeness (QED) is 0.690. The van der Waals surface area contributed by atoms with E-state index >= 15 is 0 Å². The summed E-state index contributed by atoms with van der Waals surface area (Å²) in [5.74, 6) is 0.0567. The second-order valence-corrected chi connectivity index (χ2v) is 3.30. The molecule has 1 fully saturated rings. The topological polar surface area (TPSA) is 38.3 Å². The van der Waals surface area contributed by atoms with E-state index in [2.05, 4.69) is 5.32 Å². The molecule has 3 nitrogen and oxygen atoms in total. The number of hydrogen-bond acceptors (Lipinski definition) is 2. The van der Waals surface area contributed by atoms with Crippen molar-refractivity contribution in [1.29, 1.82) is 0 Å². The molecule has 1 rings (SSSR count). The second-order valence-electron chi connectivity index (χ2n) is 3.30. The molecule has 0 aromatic heterocycles. The summed E-state index contributed by atoms with van der Waals surface area (Å²) in [4.78, 5) is 11.3. The molecule has 70 valence electrons. The first kappa shape index (κ1) is 9.52. The zero-order chi connectivity index (χ0) is 8.97. The van der Waals surface area contributed by atoms with Crippen LogP contribution in [0.3, 0.4) is 0 Å². The van der Waals surface area contributed by atoms with Crippen LogP contribution in [0.5, 0.6) is 0 Å². The molecule has 0 aromatic carbocycles. The Morgan fingerprint density at radius 2 is 2.33 bits per heavy atom. The summed E-state index contributed by atoms with van der Waals surface area (Å²) in [5.41, 5.74) is 0. The Hall–Kier alpha value is -0.570. The Bertz CT molecular complexity index is 159. The van der Waals surface area contributed by atoms with Gasteiger partial charge in [-0.2, -0.15) is 0 Å². The summed E-state index contributed by atoms with van der Waals surface area (Å²) in [5, 5.41) is 2.83. The molecule has 0 unspecified atom stereocenters. The SMILES string of the molecule is CCCNC(=O)[C@@H]1CC[C@H](C)O1. The maximum absolute atomic E-state index is 11.3. The van der Waals surface area contributed by atoms with E-state index in [9.17, 15) is 4.79 Å². The first-order valence-electron chi connectivity index (χ1n) is 4.67. The summed E-state index contributed by atoms with van der Waals surface area (Å²) in [6, 6.07) is 0. The Kier molecular flexibility index (Phi) is 3.53. The third-order valence-corrected chi connectivity index (χ3v) is 2.07. The first-order valence-corrected chi connectivity index (χ1v) is 4.67. The van der Waals surface area contributed by atoms with Crippen LogP contribution in [-0.4, -0.2) is 24.7 Å². The van der Waals surface area contributed by atoms with E-state index < -0.39 is 0 Å². The molecular formula is C9H17NO2. The third kappa shape index (κ3) is 2.48. The van der Waals surface area contributed by atoms with Gasteiger partial charge < -0.3 is 10.1 Å². The van der Waals surface area contributed by atoms with E-state index in [1.54, 1.807) is 0 Å². The van der Waals surface area contributed by atoms with Gasteiger partial charge in [-0.3, -0.25) is 4.79 Å². The molecule has 2 atom stereocenters. The fourth-order valence-corrected chi connectivity index (χ4v) is 1.36. The molecule has 1 heterocycles. The van der Waals surface area contributed by atoms with Crippen molar-refractivity contribution in [1.82, 2.24) is 5.32 Å². The first-order chi connectivity index (χ1) is 5.74. The highest BCUT2D eigenvalue weighted by Gasteiger charge is 2.27. The predicted molar refractivity (Wildman–Crippen MR) is 46.9 cm³/mol. The molecule has 0 bridgehead atoms. The Morgan fingerprint density at radius 3 is 2.83 bits per heavy atom. The van der Waals surface area contributed by atoms with E-state index in [0.29, 0.717) is 0 Å². The zero-order valence-electron chi connectivity index (χ0n) is 7.80. The molecule has 0 aliphatic carbocycles. The Labute approximate surface area is 73.5 Å². The molecular weight excluding hydrogens is 154 g/mol. The average Bonchev–Trinajstić information content (AvgIpc) is 2.47. The van der Waals surface area contributed by atoms with Gasteiger partial charge in [-0.25, -0.2) is 0 Å². The maximum atomic E-state index is 11.3. The van der Waals surface area contributed by atoms with Gasteiger partial charge in [0.05, 0.1) is 6.10 Å². The lowest BCUT2D eigenvalue weighted by atomic mass is 10.2. The minimum atomic E-state index is -0.188. The molecule has 3 heteroatoms. The molecule has 12 heavy (non-hydrogen) atoms. The van der Waals surface area contributed by atoms with E-state index in [0.717, 1.165) is 25.8 Å². The van der Waals surface area contributed by atoms with Crippen LogP contribution in [0, 0.1) is 0 Å². The van der Waals surface area contributed by atoms with E-state index in [1.807, 2.05) is 13.8 Å². The number of amides is 1. The van der Waals surface area contributed by atoms with Crippen molar-refractivity contribution in [2.45, 2.75) is 45.3 Å². The zero-order valence-corrected chi connectivity index (χ0v) is 7.80. The number of carbonyl (C=O) groups is 1. The average molecular weight is 171 g/mol. The molecule has 0 spiro atoms. The molecule has 1 aliphatic heterocycles. The highest BCUT2D eigenvalue weighted by atomic mass is 16.5. The van der Waals surface area contributed by atoms with Crippen LogP contribution in [-0.2, 0) is 9.53 Å². The number of ether oxygens (including phenoxy) is 1. The fraction of sp³-hybridized carbons (Fsp3) is 0.889.